The van der Waals surface area contributed by atoms with Gasteiger partial charge >= 0.3 is 6.18 Å². The minimum Gasteiger partial charge on any atom is -0.507 e. The van der Waals surface area contributed by atoms with Crippen molar-refractivity contribution < 1.29 is 23.0 Å². The molecule has 1 aromatic heterocycles. The van der Waals surface area contributed by atoms with Crippen molar-refractivity contribution in [3.8, 4) is 22.8 Å². The lowest BCUT2D eigenvalue weighted by Crippen LogP contribution is -2.40. The first kappa shape index (κ1) is 21.2. The van der Waals surface area contributed by atoms with E-state index < -0.39 is 17.5 Å². The van der Waals surface area contributed by atoms with Crippen molar-refractivity contribution in [2.24, 2.45) is 0 Å². The minimum atomic E-state index is -4.55. The molecule has 0 radical (unpaired) electrons. The summed E-state index contributed by atoms with van der Waals surface area (Å²) in [5.74, 6) is 0.646. The van der Waals surface area contributed by atoms with Gasteiger partial charge in [0.1, 0.15) is 17.2 Å². The Morgan fingerprint density at radius 1 is 1.13 bits per heavy atom. The second kappa shape index (κ2) is 8.22. The number of fused-ring (bicyclic) bond motifs is 1. The van der Waals surface area contributed by atoms with E-state index in [1.165, 1.54) is 13.2 Å². The fourth-order valence-corrected chi connectivity index (χ4v) is 3.95. The largest absolute Gasteiger partial charge is 0.507 e. The van der Waals surface area contributed by atoms with Crippen molar-refractivity contribution in [3.05, 3.63) is 42.0 Å². The Morgan fingerprint density at radius 2 is 1.94 bits per heavy atom. The lowest BCUT2D eigenvalue weighted by Gasteiger charge is -2.30. The van der Waals surface area contributed by atoms with Crippen LogP contribution in [0.25, 0.3) is 22.0 Å². The van der Waals surface area contributed by atoms with Crippen LogP contribution in [0.2, 0.25) is 0 Å². The highest BCUT2D eigenvalue weighted by atomic mass is 19.4. The van der Waals surface area contributed by atoms with Gasteiger partial charge in [0.05, 0.1) is 12.7 Å². The van der Waals surface area contributed by atoms with Gasteiger partial charge in [-0.2, -0.15) is 13.2 Å². The number of phenols is 1. The van der Waals surface area contributed by atoms with Crippen LogP contribution < -0.4 is 10.1 Å². The Kier molecular flexibility index (Phi) is 5.62. The molecule has 1 atom stereocenters. The average Bonchev–Trinajstić information content (AvgIpc) is 2.73. The Morgan fingerprint density at radius 3 is 2.61 bits per heavy atom. The summed E-state index contributed by atoms with van der Waals surface area (Å²) in [5.41, 5.74) is -0.475. The predicted molar refractivity (Wildman–Crippen MR) is 112 cm³/mol. The van der Waals surface area contributed by atoms with Gasteiger partial charge in [-0.15, -0.1) is 10.2 Å². The van der Waals surface area contributed by atoms with E-state index in [-0.39, 0.29) is 17.3 Å². The maximum atomic E-state index is 13.0. The van der Waals surface area contributed by atoms with Crippen LogP contribution in [0.4, 0.5) is 19.0 Å². The fourth-order valence-electron chi connectivity index (χ4n) is 3.95. The van der Waals surface area contributed by atoms with Crippen molar-refractivity contribution in [3.63, 3.8) is 0 Å². The Labute approximate surface area is 177 Å². The van der Waals surface area contributed by atoms with Gasteiger partial charge in [-0.05, 0) is 62.8 Å². The van der Waals surface area contributed by atoms with Crippen molar-refractivity contribution in [2.45, 2.75) is 25.1 Å². The molecule has 2 N–H and O–H groups in total. The number of halogens is 3. The zero-order valence-corrected chi connectivity index (χ0v) is 17.2. The summed E-state index contributed by atoms with van der Waals surface area (Å²) in [5, 5.41) is 23.7. The van der Waals surface area contributed by atoms with Crippen LogP contribution in [0.15, 0.2) is 36.4 Å². The summed E-state index contributed by atoms with van der Waals surface area (Å²) in [7, 11) is 3.60. The van der Waals surface area contributed by atoms with Gasteiger partial charge in [-0.3, -0.25) is 0 Å². The molecule has 2 heterocycles. The number of piperidine rings is 1. The van der Waals surface area contributed by atoms with Gasteiger partial charge in [-0.1, -0.05) is 0 Å². The van der Waals surface area contributed by atoms with E-state index in [0.717, 1.165) is 37.4 Å². The van der Waals surface area contributed by atoms with Crippen LogP contribution in [0.5, 0.6) is 11.5 Å². The Balaban J connectivity index is 1.80. The number of nitrogens with one attached hydrogen (secondary N) is 1. The molecule has 0 amide bonds. The number of ether oxygens (including phenoxy) is 1. The number of likely N-dealkylation sites (N-methyl/N-ethyl adjacent to an activating group) is 1. The van der Waals surface area contributed by atoms with E-state index in [1.807, 2.05) is 6.07 Å². The van der Waals surface area contributed by atoms with E-state index in [0.29, 0.717) is 23.0 Å². The Bertz CT molecular complexity index is 1100. The number of phenolic OH excluding ortho intramolecular Hbond substituents is 1. The number of rotatable bonds is 4. The molecule has 1 saturated heterocycles. The van der Waals surface area contributed by atoms with E-state index in [9.17, 15) is 18.3 Å². The van der Waals surface area contributed by atoms with Gasteiger partial charge in [0.15, 0.2) is 5.82 Å². The summed E-state index contributed by atoms with van der Waals surface area (Å²) in [6.45, 7) is 1.93. The fraction of sp³-hybridized carbons (Fsp3) is 0.364. The number of benzene rings is 2. The monoisotopic (exact) mass is 432 g/mol. The van der Waals surface area contributed by atoms with Crippen LogP contribution in [0.3, 0.4) is 0 Å². The molecule has 2 aromatic carbocycles. The van der Waals surface area contributed by atoms with Crippen molar-refractivity contribution >= 4 is 16.6 Å². The lowest BCUT2D eigenvalue weighted by molar-refractivity contribution is -0.137. The summed E-state index contributed by atoms with van der Waals surface area (Å²) >= 11 is 0. The molecular weight excluding hydrogens is 409 g/mol. The number of aromatic hydroxyl groups is 1. The second-order valence-corrected chi connectivity index (χ2v) is 7.78. The van der Waals surface area contributed by atoms with E-state index in [4.69, 9.17) is 4.74 Å². The molecule has 4 rings (SSSR count). The summed E-state index contributed by atoms with van der Waals surface area (Å²) in [6, 6.07) is 8.42. The number of likely N-dealkylation sites (tertiary alicyclic amines) is 1. The van der Waals surface area contributed by atoms with Crippen LogP contribution in [-0.4, -0.2) is 53.5 Å². The smallest absolute Gasteiger partial charge is 0.416 e. The molecule has 9 heteroatoms. The number of aromatic nitrogens is 2. The lowest BCUT2D eigenvalue weighted by atomic mass is 10.0. The van der Waals surface area contributed by atoms with Gasteiger partial charge in [0, 0.05) is 28.9 Å². The topological polar surface area (TPSA) is 70.5 Å². The van der Waals surface area contributed by atoms with Crippen molar-refractivity contribution in [2.75, 3.05) is 32.6 Å². The maximum Gasteiger partial charge on any atom is 0.416 e. The molecule has 164 valence electrons. The predicted octanol–water partition coefficient (Wildman–Crippen LogP) is 4.54. The standard InChI is InChI=1S/C22H23F3N4O2/c1-29-9-3-4-14(12-29)26-21-16-8-6-15(31-2)11-18(16)20(27-28-21)17-7-5-13(10-19(17)30)22(23,24)25/h5-8,10-11,14,30H,3-4,9,12H2,1-2H3,(H,26,28)/t14-/m1/s1. The molecule has 0 spiro atoms. The van der Waals surface area contributed by atoms with E-state index in [2.05, 4.69) is 27.5 Å². The van der Waals surface area contributed by atoms with E-state index in [1.54, 1.807) is 12.1 Å². The molecule has 1 aliphatic heterocycles. The second-order valence-electron chi connectivity index (χ2n) is 7.78. The molecule has 0 aliphatic carbocycles. The third-order valence-electron chi connectivity index (χ3n) is 5.53. The molecule has 0 unspecified atom stereocenters. The van der Waals surface area contributed by atoms with Crippen LogP contribution in [0.1, 0.15) is 18.4 Å². The number of hydrogen-bond donors (Lipinski definition) is 2. The Hall–Kier alpha value is -3.07. The van der Waals surface area contributed by atoms with Gasteiger partial charge in [-0.25, -0.2) is 0 Å². The number of alkyl halides is 3. The molecule has 6 nitrogen and oxygen atoms in total. The van der Waals surface area contributed by atoms with E-state index >= 15 is 0 Å². The number of anilines is 1. The number of methoxy groups -OCH3 is 1. The molecule has 0 saturated carbocycles. The molecule has 31 heavy (non-hydrogen) atoms. The molecule has 1 fully saturated rings. The first-order chi connectivity index (χ1) is 14.8. The first-order valence-corrected chi connectivity index (χ1v) is 9.96. The van der Waals surface area contributed by atoms with Crippen LogP contribution >= 0.6 is 0 Å². The third-order valence-corrected chi connectivity index (χ3v) is 5.53. The zero-order valence-electron chi connectivity index (χ0n) is 17.2. The van der Waals surface area contributed by atoms with Crippen LogP contribution in [-0.2, 0) is 6.18 Å². The SMILES string of the molecule is COc1ccc2c(N[C@@H]3CCCN(C)C3)nnc(-c3ccc(C(F)(F)F)cc3O)c2c1. The highest BCUT2D eigenvalue weighted by Crippen LogP contribution is 2.39. The summed E-state index contributed by atoms with van der Waals surface area (Å²) < 4.78 is 44.3. The summed E-state index contributed by atoms with van der Waals surface area (Å²) in [4.78, 5) is 2.24. The molecule has 0 bridgehead atoms. The van der Waals surface area contributed by atoms with Crippen molar-refractivity contribution in [1.29, 1.82) is 0 Å². The minimum absolute atomic E-state index is 0.169. The van der Waals surface area contributed by atoms with Gasteiger partial charge < -0.3 is 20.1 Å². The highest BCUT2D eigenvalue weighted by molar-refractivity contribution is 6.01. The number of hydrogen-bond acceptors (Lipinski definition) is 6. The normalized spacial score (nSPS) is 17.6. The van der Waals surface area contributed by atoms with Gasteiger partial charge in [0.2, 0.25) is 0 Å². The first-order valence-electron chi connectivity index (χ1n) is 9.96. The maximum absolute atomic E-state index is 13.0. The quantitative estimate of drug-likeness (QED) is 0.631. The summed E-state index contributed by atoms with van der Waals surface area (Å²) in [6.07, 6.45) is -2.47. The zero-order chi connectivity index (χ0) is 22.2. The van der Waals surface area contributed by atoms with Gasteiger partial charge in [0.25, 0.3) is 0 Å². The highest BCUT2D eigenvalue weighted by Gasteiger charge is 2.31. The van der Waals surface area contributed by atoms with Crippen molar-refractivity contribution in [1.82, 2.24) is 15.1 Å². The molecular formula is C22H23F3N4O2. The third kappa shape index (κ3) is 4.36. The molecule has 1 aliphatic rings. The number of nitrogens with zero attached hydrogens (tertiary/aromatic N) is 3. The molecule has 3 aromatic rings. The van der Waals surface area contributed by atoms with Crippen LogP contribution in [0, 0.1) is 0 Å². The average molecular weight is 432 g/mol.